The van der Waals surface area contributed by atoms with Gasteiger partial charge in [-0.3, -0.25) is 4.57 Å². The molecule has 0 saturated heterocycles. The summed E-state index contributed by atoms with van der Waals surface area (Å²) in [4.78, 5) is 5.12. The van der Waals surface area contributed by atoms with Crippen LogP contribution in [0, 0.1) is 5.92 Å². The Hall–Kier alpha value is -6.77. The third kappa shape index (κ3) is 6.98. The third-order valence-electron chi connectivity index (χ3n) is 11.2. The number of benzene rings is 6. The molecule has 0 spiro atoms. The molecule has 2 heteroatoms. The van der Waals surface area contributed by atoms with E-state index in [0.29, 0.717) is 0 Å². The molecular formula is C54H44N2. The fourth-order valence-electron chi connectivity index (χ4n) is 8.32. The molecule has 0 radical (unpaired) electrons. The van der Waals surface area contributed by atoms with E-state index in [0.717, 1.165) is 58.5 Å². The van der Waals surface area contributed by atoms with Gasteiger partial charge in [-0.05, 0) is 110 Å². The molecular weight excluding hydrogens is 677 g/mol. The Balaban J connectivity index is 1.22. The van der Waals surface area contributed by atoms with Gasteiger partial charge in [0.15, 0.2) is 0 Å². The maximum atomic E-state index is 5.12. The standard InChI is InChI=1S/C54H44N2/c1-38-16-6-3-11-23-48(46-33-30-41-19-12-13-20-44(41)36-46)50-37-45(34-35-49(50)53(38)39(2)26-27-40-17-7-4-8-18-40)42-28-31-43(32-29-42)54-55-51-24-14-15-25-52(51)56(54)47-21-9-5-10-22-47/h3-22,24-29,31-32,34-38H,2,23,30,33H2,1H3/b11-3-,16-6-,27-26-,50-48+,53-49+. The van der Waals surface area contributed by atoms with Crippen LogP contribution in [0.25, 0.3) is 62.5 Å². The summed E-state index contributed by atoms with van der Waals surface area (Å²) in [7, 11) is 0. The Labute approximate surface area is 329 Å². The van der Waals surface area contributed by atoms with Crippen molar-refractivity contribution in [2.75, 3.05) is 0 Å². The maximum absolute atomic E-state index is 5.12. The monoisotopic (exact) mass is 720 g/mol. The normalized spacial score (nSPS) is 18.5. The fourth-order valence-corrected chi connectivity index (χ4v) is 8.32. The highest BCUT2D eigenvalue weighted by atomic mass is 15.1. The molecule has 1 heterocycles. The van der Waals surface area contributed by atoms with Crippen LogP contribution in [-0.4, -0.2) is 9.55 Å². The first-order valence-corrected chi connectivity index (χ1v) is 19.7. The predicted molar refractivity (Wildman–Crippen MR) is 237 cm³/mol. The van der Waals surface area contributed by atoms with Crippen LogP contribution < -0.4 is 10.4 Å². The van der Waals surface area contributed by atoms with Crippen molar-refractivity contribution in [1.29, 1.82) is 0 Å². The molecule has 0 saturated carbocycles. The van der Waals surface area contributed by atoms with Gasteiger partial charge in [0.1, 0.15) is 5.82 Å². The molecule has 2 aliphatic carbocycles. The molecule has 0 N–H and O–H groups in total. The van der Waals surface area contributed by atoms with Crippen LogP contribution in [0.5, 0.6) is 0 Å². The number of para-hydroxylation sites is 3. The van der Waals surface area contributed by atoms with E-state index < -0.39 is 0 Å². The molecule has 7 aromatic rings. The van der Waals surface area contributed by atoms with Crippen molar-refractivity contribution in [3.8, 4) is 28.2 Å². The molecule has 2 nitrogen and oxygen atoms in total. The number of hydrogen-bond acceptors (Lipinski definition) is 1. The largest absolute Gasteiger partial charge is 0.292 e. The van der Waals surface area contributed by atoms with E-state index in [1.165, 1.54) is 49.4 Å². The fraction of sp³-hybridized carbons (Fsp3) is 0.0926. The van der Waals surface area contributed by atoms with E-state index in [2.05, 4.69) is 206 Å². The quantitative estimate of drug-likeness (QED) is 0.150. The summed E-state index contributed by atoms with van der Waals surface area (Å²) in [6.07, 6.45) is 18.7. The number of hydrogen-bond donors (Lipinski definition) is 0. The highest BCUT2D eigenvalue weighted by Gasteiger charge is 2.18. The van der Waals surface area contributed by atoms with Gasteiger partial charge in [-0.2, -0.15) is 0 Å². The summed E-state index contributed by atoms with van der Waals surface area (Å²) < 4.78 is 2.26. The van der Waals surface area contributed by atoms with Gasteiger partial charge in [0, 0.05) is 17.2 Å². The van der Waals surface area contributed by atoms with Crippen LogP contribution >= 0.6 is 0 Å². The smallest absolute Gasteiger partial charge is 0.145 e. The van der Waals surface area contributed by atoms with Crippen molar-refractivity contribution < 1.29 is 0 Å². The average molecular weight is 721 g/mol. The van der Waals surface area contributed by atoms with Crippen molar-refractivity contribution >= 4 is 34.3 Å². The van der Waals surface area contributed by atoms with E-state index in [-0.39, 0.29) is 5.92 Å². The van der Waals surface area contributed by atoms with Gasteiger partial charge < -0.3 is 0 Å². The Morgan fingerprint density at radius 3 is 2.25 bits per heavy atom. The zero-order valence-electron chi connectivity index (χ0n) is 31.8. The summed E-state index contributed by atoms with van der Waals surface area (Å²) in [5.74, 6) is 1.09. The SMILES string of the molecule is C=C(/C=C\c1ccccc1)/C1=c2\ccc(-c3ccc(-c4nc5ccccc5n4-c4ccccc4)cc3)c\c2=C(/C2=Cc3ccccc3CC2)C/C=C\C=C/C1C. The Morgan fingerprint density at radius 1 is 0.696 bits per heavy atom. The highest BCUT2D eigenvalue weighted by molar-refractivity contribution is 5.84. The van der Waals surface area contributed by atoms with Crippen LogP contribution in [0.2, 0.25) is 0 Å². The average Bonchev–Trinajstić information content (AvgIpc) is 3.65. The Morgan fingerprint density at radius 2 is 1.41 bits per heavy atom. The van der Waals surface area contributed by atoms with Crippen molar-refractivity contribution in [3.63, 3.8) is 0 Å². The lowest BCUT2D eigenvalue weighted by Gasteiger charge is -2.21. The lowest BCUT2D eigenvalue weighted by Crippen LogP contribution is -2.32. The minimum Gasteiger partial charge on any atom is -0.292 e. The number of rotatable bonds is 7. The Bertz CT molecular complexity index is 2830. The molecule has 0 amide bonds. The number of allylic oxidation sites excluding steroid dienone is 7. The summed E-state index contributed by atoms with van der Waals surface area (Å²) in [6.45, 7) is 6.98. The van der Waals surface area contributed by atoms with E-state index in [4.69, 9.17) is 11.6 Å². The molecule has 6 aromatic carbocycles. The van der Waals surface area contributed by atoms with Crippen molar-refractivity contribution in [1.82, 2.24) is 9.55 Å². The highest BCUT2D eigenvalue weighted by Crippen LogP contribution is 2.33. The number of nitrogens with zero attached hydrogens (tertiary/aromatic N) is 2. The number of aromatic nitrogens is 2. The second-order valence-electron chi connectivity index (χ2n) is 14.8. The molecule has 0 bridgehead atoms. The minimum atomic E-state index is 0.153. The second kappa shape index (κ2) is 15.5. The topological polar surface area (TPSA) is 17.8 Å². The van der Waals surface area contributed by atoms with Crippen molar-refractivity contribution in [2.24, 2.45) is 5.92 Å². The molecule has 2 aliphatic rings. The van der Waals surface area contributed by atoms with Gasteiger partial charge >= 0.3 is 0 Å². The van der Waals surface area contributed by atoms with Gasteiger partial charge in [-0.25, -0.2) is 4.98 Å². The zero-order valence-corrected chi connectivity index (χ0v) is 31.8. The first-order chi connectivity index (χ1) is 27.6. The summed E-state index contributed by atoms with van der Waals surface area (Å²) in [5, 5.41) is 2.52. The van der Waals surface area contributed by atoms with Crippen molar-refractivity contribution in [2.45, 2.75) is 26.2 Å². The van der Waals surface area contributed by atoms with Crippen LogP contribution in [0.4, 0.5) is 0 Å². The van der Waals surface area contributed by atoms with E-state index in [1.807, 2.05) is 0 Å². The molecule has 1 aromatic heterocycles. The number of aryl methyl sites for hydroxylation is 1. The van der Waals surface area contributed by atoms with Gasteiger partial charge in [0.25, 0.3) is 0 Å². The number of fused-ring (bicyclic) bond motifs is 3. The zero-order chi connectivity index (χ0) is 37.8. The second-order valence-corrected chi connectivity index (χ2v) is 14.8. The lowest BCUT2D eigenvalue weighted by molar-refractivity contribution is 0.942. The van der Waals surface area contributed by atoms with Gasteiger partial charge in [0.2, 0.25) is 0 Å². The van der Waals surface area contributed by atoms with E-state index >= 15 is 0 Å². The van der Waals surface area contributed by atoms with E-state index in [9.17, 15) is 0 Å². The third-order valence-corrected chi connectivity index (χ3v) is 11.2. The van der Waals surface area contributed by atoms with Gasteiger partial charge in [-0.15, -0.1) is 0 Å². The molecule has 1 atom stereocenters. The maximum Gasteiger partial charge on any atom is 0.145 e. The first kappa shape index (κ1) is 35.0. The molecule has 0 fully saturated rings. The van der Waals surface area contributed by atoms with Crippen molar-refractivity contribution in [3.05, 3.63) is 227 Å². The molecule has 0 aliphatic heterocycles. The van der Waals surface area contributed by atoms with E-state index in [1.54, 1.807) is 0 Å². The molecule has 270 valence electrons. The minimum absolute atomic E-state index is 0.153. The van der Waals surface area contributed by atoms with Crippen LogP contribution in [-0.2, 0) is 6.42 Å². The summed E-state index contributed by atoms with van der Waals surface area (Å²) >= 11 is 0. The van der Waals surface area contributed by atoms with Gasteiger partial charge in [-0.1, -0.05) is 177 Å². The summed E-state index contributed by atoms with van der Waals surface area (Å²) in [6, 6.07) is 54.2. The first-order valence-electron chi connectivity index (χ1n) is 19.7. The summed E-state index contributed by atoms with van der Waals surface area (Å²) in [5.41, 5.74) is 15.6. The Kier molecular flexibility index (Phi) is 9.70. The molecule has 56 heavy (non-hydrogen) atoms. The van der Waals surface area contributed by atoms with Crippen LogP contribution in [0.1, 0.15) is 36.5 Å². The predicted octanol–water partition coefficient (Wildman–Crippen LogP) is 12.1. The van der Waals surface area contributed by atoms with Gasteiger partial charge in [0.05, 0.1) is 11.0 Å². The molecule has 9 rings (SSSR count). The number of imidazole rings is 1. The van der Waals surface area contributed by atoms with Crippen LogP contribution in [0.15, 0.2) is 200 Å². The van der Waals surface area contributed by atoms with Crippen LogP contribution in [0.3, 0.4) is 0 Å². The molecule has 1 unspecified atom stereocenters. The lowest BCUT2D eigenvalue weighted by atomic mass is 9.84.